The first-order valence-corrected chi connectivity index (χ1v) is 7.84. The molecule has 128 valence electrons. The monoisotopic (exact) mass is 362 g/mol. The van der Waals surface area contributed by atoms with Gasteiger partial charge in [0.05, 0.1) is 5.56 Å². The highest BCUT2D eigenvalue weighted by Crippen LogP contribution is 2.30. The van der Waals surface area contributed by atoms with Crippen molar-refractivity contribution in [3.8, 4) is 0 Å². The van der Waals surface area contributed by atoms with E-state index >= 15 is 0 Å². The van der Waals surface area contributed by atoms with Gasteiger partial charge in [-0.15, -0.1) is 0 Å². The number of nitrogens with one attached hydrogen (secondary N) is 1. The first-order valence-electron chi connectivity index (χ1n) is 6.29. The van der Waals surface area contributed by atoms with E-state index in [0.717, 1.165) is 24.3 Å². The van der Waals surface area contributed by atoms with Crippen molar-refractivity contribution >= 4 is 21.6 Å². The van der Waals surface area contributed by atoms with Crippen LogP contribution < -0.4 is 10.5 Å². The minimum Gasteiger partial charge on any atom is -0.322 e. The number of rotatable bonds is 3. The molecule has 2 rings (SSSR count). The Labute approximate surface area is 134 Å². The lowest BCUT2D eigenvalue weighted by molar-refractivity contribution is -0.137. The van der Waals surface area contributed by atoms with Crippen LogP contribution in [0.2, 0.25) is 0 Å². The Hall–Kier alpha value is -2.46. The summed E-state index contributed by atoms with van der Waals surface area (Å²) >= 11 is 0. The zero-order valence-corrected chi connectivity index (χ0v) is 12.6. The molecule has 3 N–H and O–H groups in total. The highest BCUT2D eigenvalue weighted by atomic mass is 32.2. The number of hydrogen-bond acceptors (Lipinski definition) is 3. The van der Waals surface area contributed by atoms with Gasteiger partial charge < -0.3 is 5.32 Å². The van der Waals surface area contributed by atoms with Crippen molar-refractivity contribution < 1.29 is 30.8 Å². The molecule has 0 radical (unpaired) electrons. The Morgan fingerprint density at radius 3 is 2.33 bits per heavy atom. The maximum atomic E-state index is 13.4. The Balaban J connectivity index is 2.31. The quantitative estimate of drug-likeness (QED) is 0.823. The Kier molecular flexibility index (Phi) is 4.63. The summed E-state index contributed by atoms with van der Waals surface area (Å²) in [6.45, 7) is 0. The molecular formula is C14H10F4N2O3S. The second-order valence-electron chi connectivity index (χ2n) is 4.72. The van der Waals surface area contributed by atoms with E-state index < -0.39 is 38.4 Å². The maximum absolute atomic E-state index is 13.4. The van der Waals surface area contributed by atoms with Gasteiger partial charge in [0, 0.05) is 11.3 Å². The Morgan fingerprint density at radius 1 is 1.08 bits per heavy atom. The van der Waals surface area contributed by atoms with E-state index in [1.165, 1.54) is 6.07 Å². The van der Waals surface area contributed by atoms with Crippen molar-refractivity contribution in [2.45, 2.75) is 11.1 Å². The summed E-state index contributed by atoms with van der Waals surface area (Å²) in [4.78, 5) is 11.1. The largest absolute Gasteiger partial charge is 0.416 e. The number of primary sulfonamides is 1. The summed E-state index contributed by atoms with van der Waals surface area (Å²) in [5.74, 6) is -2.06. The molecule has 5 nitrogen and oxygen atoms in total. The van der Waals surface area contributed by atoms with Crippen molar-refractivity contribution in [1.82, 2.24) is 0 Å². The highest BCUT2D eigenvalue weighted by Gasteiger charge is 2.30. The topological polar surface area (TPSA) is 89.3 Å². The van der Waals surface area contributed by atoms with E-state index in [2.05, 4.69) is 5.32 Å². The normalized spacial score (nSPS) is 12.0. The Morgan fingerprint density at radius 2 is 1.75 bits per heavy atom. The number of nitrogens with two attached hydrogens (primary N) is 1. The van der Waals surface area contributed by atoms with E-state index in [1.807, 2.05) is 0 Å². The summed E-state index contributed by atoms with van der Waals surface area (Å²) in [7, 11) is -4.39. The van der Waals surface area contributed by atoms with E-state index in [-0.39, 0.29) is 11.3 Å². The number of halogens is 4. The maximum Gasteiger partial charge on any atom is 0.416 e. The number of anilines is 1. The van der Waals surface area contributed by atoms with Crippen LogP contribution in [-0.2, 0) is 16.2 Å². The molecule has 0 aromatic heterocycles. The van der Waals surface area contributed by atoms with Crippen molar-refractivity contribution in [3.05, 3.63) is 59.4 Å². The van der Waals surface area contributed by atoms with E-state index in [1.54, 1.807) is 0 Å². The fourth-order valence-corrected chi connectivity index (χ4v) is 2.47. The van der Waals surface area contributed by atoms with Gasteiger partial charge in [0.25, 0.3) is 5.91 Å². The van der Waals surface area contributed by atoms with Crippen LogP contribution in [0.4, 0.5) is 23.2 Å². The molecule has 0 heterocycles. The van der Waals surface area contributed by atoms with Gasteiger partial charge in [0.2, 0.25) is 10.0 Å². The molecule has 2 aromatic carbocycles. The smallest absolute Gasteiger partial charge is 0.322 e. The van der Waals surface area contributed by atoms with Gasteiger partial charge in [-0.25, -0.2) is 17.9 Å². The van der Waals surface area contributed by atoms with Crippen LogP contribution in [0.25, 0.3) is 0 Å². The average Bonchev–Trinajstić information content (AvgIpc) is 2.45. The van der Waals surface area contributed by atoms with Crippen molar-refractivity contribution in [2.75, 3.05) is 5.32 Å². The van der Waals surface area contributed by atoms with Crippen LogP contribution in [0.1, 0.15) is 15.9 Å². The third-order valence-electron chi connectivity index (χ3n) is 2.95. The zero-order chi connectivity index (χ0) is 18.1. The fraction of sp³-hybridized carbons (Fsp3) is 0.0714. The van der Waals surface area contributed by atoms with Crippen LogP contribution in [-0.4, -0.2) is 14.3 Å². The second-order valence-corrected chi connectivity index (χ2v) is 6.25. The number of alkyl halides is 3. The molecule has 0 fully saturated rings. The van der Waals surface area contributed by atoms with Gasteiger partial charge >= 0.3 is 6.18 Å². The first-order chi connectivity index (χ1) is 11.0. The number of benzene rings is 2. The zero-order valence-electron chi connectivity index (χ0n) is 11.8. The summed E-state index contributed by atoms with van der Waals surface area (Å²) in [5.41, 5.74) is -1.40. The predicted octanol–water partition coefficient (Wildman–Crippen LogP) is 2.74. The van der Waals surface area contributed by atoms with E-state index in [4.69, 9.17) is 5.14 Å². The van der Waals surface area contributed by atoms with E-state index in [0.29, 0.717) is 12.1 Å². The predicted molar refractivity (Wildman–Crippen MR) is 77.2 cm³/mol. The molecule has 0 atom stereocenters. The number of amides is 1. The molecule has 0 unspecified atom stereocenters. The van der Waals surface area contributed by atoms with Gasteiger partial charge in [0.1, 0.15) is 10.7 Å². The number of carbonyl (C=O) groups excluding carboxylic acids is 1. The van der Waals surface area contributed by atoms with Crippen LogP contribution >= 0.6 is 0 Å². The summed E-state index contributed by atoms with van der Waals surface area (Å²) in [6.07, 6.45) is -4.59. The molecule has 0 aliphatic heterocycles. The van der Waals surface area contributed by atoms with Gasteiger partial charge in [0.15, 0.2) is 0 Å². The lowest BCUT2D eigenvalue weighted by Crippen LogP contribution is -2.17. The standard InChI is InChI=1S/C14H10F4N2O3S/c15-11-5-4-8(6-12(11)24(19,22)23)13(21)20-10-3-1-2-9(7-10)14(16,17)18/h1-7H,(H,20,21)(H2,19,22,23). The molecule has 0 bridgehead atoms. The van der Waals surface area contributed by atoms with Crippen LogP contribution in [0.5, 0.6) is 0 Å². The molecule has 10 heteroatoms. The van der Waals surface area contributed by atoms with Crippen LogP contribution in [0.3, 0.4) is 0 Å². The molecule has 0 aliphatic carbocycles. The lowest BCUT2D eigenvalue weighted by Gasteiger charge is -2.10. The van der Waals surface area contributed by atoms with Gasteiger partial charge in [-0.05, 0) is 36.4 Å². The number of hydrogen-bond donors (Lipinski definition) is 2. The number of carbonyl (C=O) groups is 1. The minimum atomic E-state index is -4.59. The van der Waals surface area contributed by atoms with Crippen LogP contribution in [0, 0.1) is 5.82 Å². The summed E-state index contributed by atoms with van der Waals surface area (Å²) < 4.78 is 73.7. The van der Waals surface area contributed by atoms with Gasteiger partial charge in [-0.2, -0.15) is 13.2 Å². The molecule has 2 aromatic rings. The molecule has 1 amide bonds. The second kappa shape index (κ2) is 6.21. The fourth-order valence-electron chi connectivity index (χ4n) is 1.84. The van der Waals surface area contributed by atoms with Crippen molar-refractivity contribution in [2.24, 2.45) is 5.14 Å². The minimum absolute atomic E-state index is 0.156. The van der Waals surface area contributed by atoms with Crippen molar-refractivity contribution in [3.63, 3.8) is 0 Å². The van der Waals surface area contributed by atoms with Crippen molar-refractivity contribution in [1.29, 1.82) is 0 Å². The first kappa shape index (κ1) is 17.9. The van der Waals surface area contributed by atoms with Gasteiger partial charge in [-0.3, -0.25) is 4.79 Å². The molecule has 0 saturated carbocycles. The molecule has 24 heavy (non-hydrogen) atoms. The van der Waals surface area contributed by atoms with Crippen LogP contribution in [0.15, 0.2) is 47.4 Å². The molecule has 0 saturated heterocycles. The molecular weight excluding hydrogens is 352 g/mol. The highest BCUT2D eigenvalue weighted by molar-refractivity contribution is 7.89. The van der Waals surface area contributed by atoms with Gasteiger partial charge in [-0.1, -0.05) is 6.07 Å². The van der Waals surface area contributed by atoms with E-state index in [9.17, 15) is 30.8 Å². The summed E-state index contributed by atoms with van der Waals surface area (Å²) in [5, 5.41) is 6.99. The third-order valence-corrected chi connectivity index (χ3v) is 3.87. The number of sulfonamides is 1. The average molecular weight is 362 g/mol. The summed E-state index contributed by atoms with van der Waals surface area (Å²) in [6, 6.07) is 6.26. The SMILES string of the molecule is NS(=O)(=O)c1cc(C(=O)Nc2cccc(C(F)(F)F)c2)ccc1F. The molecule has 0 aliphatic rings. The lowest BCUT2D eigenvalue weighted by atomic mass is 10.1. The Bertz CT molecular complexity index is 895. The third kappa shape index (κ3) is 4.09. The molecule has 0 spiro atoms.